The molecular formula is C47H47N3O9. The number of ether oxygens (including phenoxy) is 3. The monoisotopic (exact) mass is 797 g/mol. The number of carbonyl (C=O) groups is 5. The van der Waals surface area contributed by atoms with Gasteiger partial charge in [0.15, 0.2) is 6.04 Å². The van der Waals surface area contributed by atoms with Gasteiger partial charge >= 0.3 is 24.1 Å². The molecule has 59 heavy (non-hydrogen) atoms. The number of aliphatic carboxylic acids is 1. The Morgan fingerprint density at radius 3 is 1.54 bits per heavy atom. The number of carboxylic acid groups (broad SMARTS) is 1. The highest BCUT2D eigenvalue weighted by atomic mass is 16.6. The van der Waals surface area contributed by atoms with Crippen molar-refractivity contribution in [2.75, 3.05) is 13.2 Å². The summed E-state index contributed by atoms with van der Waals surface area (Å²) < 4.78 is 16.3. The van der Waals surface area contributed by atoms with Crippen molar-refractivity contribution in [2.24, 2.45) is 0 Å². The van der Waals surface area contributed by atoms with Crippen LogP contribution in [0.2, 0.25) is 0 Å². The summed E-state index contributed by atoms with van der Waals surface area (Å²) in [5.74, 6) is -3.24. The number of alkyl carbamates (subject to hydrolysis) is 2. The standard InChI is InChI=1S/C47H47N3O9/c1-46(2,3)59-45(56)49-40(42(52)53)30-57-43(54)39(48-44(55)58-29-38-36-25-15-13-23-34(36)35-24-14-16-26-37(35)38)27-28-41(51)50-47(31-17-7-4-8-18-31,32-19-9-5-10-20-32)33-21-11-6-12-22-33/h4-26,38-40H,27-30H2,1-3H3,(H,48,55)(H,49,56)(H,50,51)(H,52,53)/t39-,40-/m0/s1. The van der Waals surface area contributed by atoms with Crippen molar-refractivity contribution in [1.29, 1.82) is 0 Å². The molecule has 3 amide bonds. The molecule has 0 spiro atoms. The van der Waals surface area contributed by atoms with Gasteiger partial charge in [0, 0.05) is 12.3 Å². The van der Waals surface area contributed by atoms with E-state index in [0.717, 1.165) is 38.9 Å². The fourth-order valence-corrected chi connectivity index (χ4v) is 7.25. The topological polar surface area (TPSA) is 169 Å². The van der Waals surface area contributed by atoms with Gasteiger partial charge in [-0.3, -0.25) is 4.79 Å². The number of rotatable bonds is 15. The zero-order valence-electron chi connectivity index (χ0n) is 33.1. The first kappa shape index (κ1) is 41.7. The molecule has 0 fully saturated rings. The van der Waals surface area contributed by atoms with Crippen molar-refractivity contribution >= 4 is 30.0 Å². The molecule has 12 heteroatoms. The van der Waals surface area contributed by atoms with Crippen LogP contribution in [0.25, 0.3) is 11.1 Å². The quantitative estimate of drug-likeness (QED) is 0.0482. The van der Waals surface area contributed by atoms with E-state index < -0.39 is 59.9 Å². The maximum atomic E-state index is 14.2. The van der Waals surface area contributed by atoms with Crippen LogP contribution in [0.4, 0.5) is 9.59 Å². The average Bonchev–Trinajstić information content (AvgIpc) is 3.55. The molecule has 4 N–H and O–H groups in total. The normalized spacial score (nSPS) is 13.1. The first-order valence-corrected chi connectivity index (χ1v) is 19.3. The van der Waals surface area contributed by atoms with Crippen molar-refractivity contribution in [2.45, 2.75) is 62.8 Å². The van der Waals surface area contributed by atoms with Crippen LogP contribution in [-0.4, -0.2) is 66.0 Å². The summed E-state index contributed by atoms with van der Waals surface area (Å²) in [5.41, 5.74) is 4.36. The van der Waals surface area contributed by atoms with Crippen LogP contribution >= 0.6 is 0 Å². The fourth-order valence-electron chi connectivity index (χ4n) is 7.25. The summed E-state index contributed by atoms with van der Waals surface area (Å²) in [6.07, 6.45) is -2.48. The lowest BCUT2D eigenvalue weighted by Gasteiger charge is -2.37. The van der Waals surface area contributed by atoms with Crippen LogP contribution in [0.3, 0.4) is 0 Å². The summed E-state index contributed by atoms with van der Waals surface area (Å²) in [5, 5.41) is 17.8. The highest BCUT2D eigenvalue weighted by molar-refractivity contribution is 5.85. The van der Waals surface area contributed by atoms with Crippen LogP contribution in [0, 0.1) is 0 Å². The number of benzene rings is 5. The molecule has 0 saturated carbocycles. The highest BCUT2D eigenvalue weighted by Gasteiger charge is 2.38. The number of carbonyl (C=O) groups excluding carboxylic acids is 4. The van der Waals surface area contributed by atoms with Crippen LogP contribution in [-0.2, 0) is 34.1 Å². The lowest BCUT2D eigenvalue weighted by molar-refractivity contribution is -0.150. The Kier molecular flexibility index (Phi) is 13.1. The predicted molar refractivity (Wildman–Crippen MR) is 220 cm³/mol. The minimum atomic E-state index is -1.67. The molecule has 5 aromatic rings. The molecular weight excluding hydrogens is 751 g/mol. The van der Waals surface area contributed by atoms with Crippen LogP contribution in [0.5, 0.6) is 0 Å². The number of fused-ring (bicyclic) bond motifs is 3. The largest absolute Gasteiger partial charge is 0.480 e. The molecule has 0 bridgehead atoms. The Morgan fingerprint density at radius 1 is 0.610 bits per heavy atom. The summed E-state index contributed by atoms with van der Waals surface area (Å²) in [7, 11) is 0. The van der Waals surface area contributed by atoms with Gasteiger partial charge in [-0.1, -0.05) is 140 Å². The Morgan fingerprint density at radius 2 is 1.07 bits per heavy atom. The number of esters is 1. The Hall–Kier alpha value is -6.95. The van der Waals surface area contributed by atoms with E-state index >= 15 is 0 Å². The van der Waals surface area contributed by atoms with Gasteiger partial charge in [0.25, 0.3) is 0 Å². The smallest absolute Gasteiger partial charge is 0.408 e. The van der Waals surface area contributed by atoms with Gasteiger partial charge < -0.3 is 35.3 Å². The second-order valence-electron chi connectivity index (χ2n) is 15.1. The Labute approximate surface area is 342 Å². The van der Waals surface area contributed by atoms with Gasteiger partial charge in [0.2, 0.25) is 5.91 Å². The SMILES string of the molecule is CC(C)(C)OC(=O)N[C@@H](COC(=O)[C@H](CCC(=O)NC(c1ccccc1)(c1ccccc1)c1ccccc1)NC(=O)OCC1c2ccccc2-c2ccccc21)C(=O)O. The van der Waals surface area contributed by atoms with Crippen molar-refractivity contribution in [3.05, 3.63) is 167 Å². The number of amides is 3. The van der Waals surface area contributed by atoms with Gasteiger partial charge in [0.05, 0.1) is 0 Å². The number of nitrogens with one attached hydrogen (secondary N) is 3. The van der Waals surface area contributed by atoms with Crippen molar-refractivity contribution in [1.82, 2.24) is 16.0 Å². The lowest BCUT2D eigenvalue weighted by atomic mass is 9.77. The van der Waals surface area contributed by atoms with Crippen LogP contribution in [0.1, 0.15) is 67.3 Å². The summed E-state index contributed by atoms with van der Waals surface area (Å²) in [6.45, 7) is 4.00. The molecule has 1 aliphatic carbocycles. The van der Waals surface area contributed by atoms with Gasteiger partial charge in [-0.2, -0.15) is 0 Å². The zero-order valence-corrected chi connectivity index (χ0v) is 33.1. The molecule has 12 nitrogen and oxygen atoms in total. The molecule has 0 heterocycles. The minimum absolute atomic E-state index is 0.0449. The molecule has 5 aromatic carbocycles. The van der Waals surface area contributed by atoms with Crippen LogP contribution in [0.15, 0.2) is 140 Å². The van der Waals surface area contributed by atoms with E-state index in [1.807, 2.05) is 140 Å². The Balaban J connectivity index is 1.22. The van der Waals surface area contributed by atoms with Crippen molar-refractivity contribution in [3.63, 3.8) is 0 Å². The Bertz CT molecular complexity index is 2120. The van der Waals surface area contributed by atoms with Gasteiger partial charge in [-0.15, -0.1) is 0 Å². The predicted octanol–water partition coefficient (Wildman–Crippen LogP) is 7.30. The van der Waals surface area contributed by atoms with E-state index in [1.54, 1.807) is 20.8 Å². The third-order valence-corrected chi connectivity index (χ3v) is 9.91. The second kappa shape index (κ2) is 18.5. The van der Waals surface area contributed by atoms with Crippen molar-refractivity contribution in [3.8, 4) is 11.1 Å². The summed E-state index contributed by atoms with van der Waals surface area (Å²) in [4.78, 5) is 65.8. The zero-order chi connectivity index (χ0) is 42.0. The van der Waals surface area contributed by atoms with E-state index in [1.165, 1.54) is 0 Å². The average molecular weight is 798 g/mol. The minimum Gasteiger partial charge on any atom is -0.480 e. The first-order valence-electron chi connectivity index (χ1n) is 19.3. The molecule has 0 radical (unpaired) electrons. The lowest BCUT2D eigenvalue weighted by Crippen LogP contribution is -2.49. The highest BCUT2D eigenvalue weighted by Crippen LogP contribution is 2.44. The number of carboxylic acids is 1. The van der Waals surface area contributed by atoms with Gasteiger partial charge in [0.1, 0.15) is 30.4 Å². The second-order valence-corrected chi connectivity index (χ2v) is 15.1. The maximum Gasteiger partial charge on any atom is 0.408 e. The van der Waals surface area contributed by atoms with Crippen molar-refractivity contribution < 1.29 is 43.3 Å². The molecule has 1 aliphatic rings. The molecule has 0 unspecified atom stereocenters. The van der Waals surface area contributed by atoms with E-state index in [2.05, 4.69) is 16.0 Å². The fraction of sp³-hybridized carbons (Fsp3) is 0.255. The van der Waals surface area contributed by atoms with E-state index in [4.69, 9.17) is 14.2 Å². The van der Waals surface area contributed by atoms with Gasteiger partial charge in [-0.25, -0.2) is 19.2 Å². The molecule has 0 aliphatic heterocycles. The summed E-state index contributed by atoms with van der Waals surface area (Å²) >= 11 is 0. The molecule has 0 aromatic heterocycles. The number of hydrogen-bond donors (Lipinski definition) is 4. The molecule has 304 valence electrons. The maximum absolute atomic E-state index is 14.2. The number of hydrogen-bond acceptors (Lipinski definition) is 8. The van der Waals surface area contributed by atoms with Gasteiger partial charge in [-0.05, 0) is 66.1 Å². The van der Waals surface area contributed by atoms with E-state index in [-0.39, 0.29) is 25.4 Å². The molecule has 6 rings (SSSR count). The third kappa shape index (κ3) is 10.1. The molecule has 0 saturated heterocycles. The summed E-state index contributed by atoms with van der Waals surface area (Å²) in [6, 6.07) is 41.0. The van der Waals surface area contributed by atoms with E-state index in [9.17, 15) is 29.1 Å². The van der Waals surface area contributed by atoms with E-state index in [0.29, 0.717) is 0 Å². The molecule has 2 atom stereocenters. The third-order valence-electron chi connectivity index (χ3n) is 9.91. The first-order chi connectivity index (χ1) is 28.4. The van der Waals surface area contributed by atoms with Crippen LogP contribution < -0.4 is 16.0 Å².